The lowest BCUT2D eigenvalue weighted by molar-refractivity contribution is -0.111. The zero-order valence-corrected chi connectivity index (χ0v) is 14.7. The van der Waals surface area contributed by atoms with Crippen molar-refractivity contribution in [2.75, 3.05) is 5.32 Å². The van der Waals surface area contributed by atoms with Gasteiger partial charge in [-0.05, 0) is 81.7 Å². The molecule has 2 aromatic heterocycles. The standard InChI is InChI=1S/C17H14BrN5O2/c18-15-9-7-14(25-15)8-10-16(24)19-12-3-1-11(2-4-12)17-20-21-22-23(17)13-5-6-13/h1-4,7-10,13H,5-6H2,(H,19,24)/b10-8+. The average Bonchev–Trinajstić information content (AvgIpc) is 3.18. The maximum absolute atomic E-state index is 12.0. The van der Waals surface area contributed by atoms with E-state index in [-0.39, 0.29) is 5.91 Å². The normalized spacial score (nSPS) is 14.1. The number of tetrazole rings is 1. The Morgan fingerprint density at radius 1 is 1.24 bits per heavy atom. The van der Waals surface area contributed by atoms with Crippen LogP contribution in [0.15, 0.2) is 51.6 Å². The van der Waals surface area contributed by atoms with Crippen LogP contribution in [0.2, 0.25) is 0 Å². The molecule has 0 bridgehead atoms. The Bertz CT molecular complexity index is 925. The fraction of sp³-hybridized carbons (Fsp3) is 0.176. The van der Waals surface area contributed by atoms with E-state index in [1.165, 1.54) is 6.08 Å². The molecule has 0 radical (unpaired) electrons. The first-order valence-electron chi connectivity index (χ1n) is 7.82. The molecule has 1 fully saturated rings. The average molecular weight is 400 g/mol. The zero-order chi connectivity index (χ0) is 17.2. The molecule has 4 rings (SSSR count). The number of benzene rings is 1. The largest absolute Gasteiger partial charge is 0.450 e. The molecule has 2 heterocycles. The molecular weight excluding hydrogens is 386 g/mol. The Morgan fingerprint density at radius 2 is 2.04 bits per heavy atom. The Kier molecular flexibility index (Phi) is 4.19. The highest BCUT2D eigenvalue weighted by atomic mass is 79.9. The number of nitrogens with one attached hydrogen (secondary N) is 1. The number of aromatic nitrogens is 4. The van der Waals surface area contributed by atoms with Crippen molar-refractivity contribution in [2.45, 2.75) is 18.9 Å². The smallest absolute Gasteiger partial charge is 0.248 e. The van der Waals surface area contributed by atoms with Crippen LogP contribution in [0.1, 0.15) is 24.6 Å². The summed E-state index contributed by atoms with van der Waals surface area (Å²) in [6.45, 7) is 0. The van der Waals surface area contributed by atoms with Crippen LogP contribution >= 0.6 is 15.9 Å². The summed E-state index contributed by atoms with van der Waals surface area (Å²) in [6.07, 6.45) is 5.26. The Morgan fingerprint density at radius 3 is 2.72 bits per heavy atom. The van der Waals surface area contributed by atoms with Gasteiger partial charge in [-0.25, -0.2) is 4.68 Å². The van der Waals surface area contributed by atoms with Crippen molar-refractivity contribution in [3.63, 3.8) is 0 Å². The summed E-state index contributed by atoms with van der Waals surface area (Å²) in [7, 11) is 0. The summed E-state index contributed by atoms with van der Waals surface area (Å²) in [5, 5.41) is 14.7. The van der Waals surface area contributed by atoms with Crippen LogP contribution in [0.3, 0.4) is 0 Å². The van der Waals surface area contributed by atoms with Crippen molar-refractivity contribution in [3.05, 3.63) is 52.9 Å². The molecular formula is C17H14BrN5O2. The third-order valence-corrected chi connectivity index (χ3v) is 4.22. The number of amides is 1. The Hall–Kier alpha value is -2.74. The summed E-state index contributed by atoms with van der Waals surface area (Å²) < 4.78 is 7.79. The molecule has 1 aliphatic rings. The van der Waals surface area contributed by atoms with Crippen molar-refractivity contribution in [3.8, 4) is 11.4 Å². The summed E-state index contributed by atoms with van der Waals surface area (Å²) in [5.74, 6) is 1.12. The van der Waals surface area contributed by atoms with Crippen LogP contribution < -0.4 is 5.32 Å². The molecule has 0 atom stereocenters. The predicted octanol–water partition coefficient (Wildman–Crippen LogP) is 3.68. The molecule has 0 saturated heterocycles. The molecule has 126 valence electrons. The van der Waals surface area contributed by atoms with Gasteiger partial charge in [-0.2, -0.15) is 0 Å². The Balaban J connectivity index is 1.42. The monoisotopic (exact) mass is 399 g/mol. The number of carbonyl (C=O) groups is 1. The van der Waals surface area contributed by atoms with E-state index in [9.17, 15) is 4.79 Å². The fourth-order valence-corrected chi connectivity index (χ4v) is 2.73. The number of hydrogen-bond acceptors (Lipinski definition) is 5. The van der Waals surface area contributed by atoms with Gasteiger partial charge in [0.2, 0.25) is 5.91 Å². The van der Waals surface area contributed by atoms with Crippen LogP contribution in [0.25, 0.3) is 17.5 Å². The zero-order valence-electron chi connectivity index (χ0n) is 13.1. The molecule has 25 heavy (non-hydrogen) atoms. The molecule has 1 saturated carbocycles. The first-order chi connectivity index (χ1) is 12.2. The van der Waals surface area contributed by atoms with Gasteiger partial charge >= 0.3 is 0 Å². The summed E-state index contributed by atoms with van der Waals surface area (Å²) in [4.78, 5) is 12.0. The van der Waals surface area contributed by atoms with Crippen molar-refractivity contribution < 1.29 is 9.21 Å². The first kappa shape index (κ1) is 15.8. The number of hydrogen-bond donors (Lipinski definition) is 1. The molecule has 1 amide bonds. The van der Waals surface area contributed by atoms with E-state index >= 15 is 0 Å². The SMILES string of the molecule is O=C(/C=C/c1ccc(Br)o1)Nc1ccc(-c2nnnn2C2CC2)cc1. The minimum absolute atomic E-state index is 0.233. The van der Waals surface area contributed by atoms with Crippen LogP contribution in [-0.2, 0) is 4.79 Å². The highest BCUT2D eigenvalue weighted by molar-refractivity contribution is 9.10. The van der Waals surface area contributed by atoms with Crippen LogP contribution in [0.4, 0.5) is 5.69 Å². The second-order valence-electron chi connectivity index (χ2n) is 5.72. The maximum Gasteiger partial charge on any atom is 0.248 e. The number of rotatable bonds is 5. The number of halogens is 1. The van der Waals surface area contributed by atoms with Crippen LogP contribution in [0, 0.1) is 0 Å². The van der Waals surface area contributed by atoms with E-state index in [2.05, 4.69) is 36.8 Å². The number of nitrogens with zero attached hydrogens (tertiary/aromatic N) is 4. The van der Waals surface area contributed by atoms with E-state index in [0.29, 0.717) is 22.2 Å². The molecule has 7 nitrogen and oxygen atoms in total. The maximum atomic E-state index is 12.0. The minimum atomic E-state index is -0.233. The van der Waals surface area contributed by atoms with Gasteiger partial charge in [0.05, 0.1) is 6.04 Å². The number of furan rings is 1. The molecule has 1 aliphatic carbocycles. The van der Waals surface area contributed by atoms with E-state index in [0.717, 1.165) is 24.2 Å². The van der Waals surface area contributed by atoms with E-state index in [1.54, 1.807) is 18.2 Å². The highest BCUT2D eigenvalue weighted by Crippen LogP contribution is 2.36. The first-order valence-corrected chi connectivity index (χ1v) is 8.61. The van der Waals surface area contributed by atoms with Gasteiger partial charge < -0.3 is 9.73 Å². The number of carbonyl (C=O) groups excluding carboxylic acids is 1. The summed E-state index contributed by atoms with van der Waals surface area (Å²) in [6, 6.07) is 11.4. The molecule has 1 aromatic carbocycles. The topological polar surface area (TPSA) is 85.8 Å². The fourth-order valence-electron chi connectivity index (χ4n) is 2.41. The van der Waals surface area contributed by atoms with Gasteiger partial charge in [0.25, 0.3) is 0 Å². The van der Waals surface area contributed by atoms with Gasteiger partial charge in [0, 0.05) is 17.3 Å². The lowest BCUT2D eigenvalue weighted by Gasteiger charge is -2.05. The third kappa shape index (κ3) is 3.69. The van der Waals surface area contributed by atoms with Crippen LogP contribution in [-0.4, -0.2) is 26.1 Å². The van der Waals surface area contributed by atoms with Crippen molar-refractivity contribution in [1.29, 1.82) is 0 Å². The minimum Gasteiger partial charge on any atom is -0.450 e. The van der Waals surface area contributed by atoms with Crippen molar-refractivity contribution >= 4 is 33.6 Å². The lowest BCUT2D eigenvalue weighted by atomic mass is 10.2. The summed E-state index contributed by atoms with van der Waals surface area (Å²) >= 11 is 3.22. The third-order valence-electron chi connectivity index (χ3n) is 3.79. The van der Waals surface area contributed by atoms with Gasteiger partial charge in [-0.15, -0.1) is 5.10 Å². The van der Waals surface area contributed by atoms with Gasteiger partial charge in [-0.1, -0.05) is 0 Å². The molecule has 0 spiro atoms. The predicted molar refractivity (Wildman–Crippen MR) is 95.6 cm³/mol. The molecule has 0 aliphatic heterocycles. The van der Waals surface area contributed by atoms with Gasteiger partial charge in [0.1, 0.15) is 5.76 Å². The highest BCUT2D eigenvalue weighted by Gasteiger charge is 2.28. The summed E-state index contributed by atoms with van der Waals surface area (Å²) in [5.41, 5.74) is 1.62. The number of anilines is 1. The van der Waals surface area contributed by atoms with Crippen molar-refractivity contribution in [1.82, 2.24) is 20.2 Å². The second-order valence-corrected chi connectivity index (χ2v) is 6.50. The lowest BCUT2D eigenvalue weighted by Crippen LogP contribution is -2.07. The van der Waals surface area contributed by atoms with Gasteiger partial charge in [-0.3, -0.25) is 4.79 Å². The van der Waals surface area contributed by atoms with E-state index < -0.39 is 0 Å². The van der Waals surface area contributed by atoms with Gasteiger partial charge in [0.15, 0.2) is 10.5 Å². The van der Waals surface area contributed by atoms with E-state index in [1.807, 2.05) is 28.9 Å². The molecule has 8 heteroatoms. The Labute approximate surface area is 151 Å². The quantitative estimate of drug-likeness (QED) is 0.661. The molecule has 3 aromatic rings. The molecule has 1 N–H and O–H groups in total. The van der Waals surface area contributed by atoms with Crippen molar-refractivity contribution in [2.24, 2.45) is 0 Å². The molecule has 0 unspecified atom stereocenters. The van der Waals surface area contributed by atoms with E-state index in [4.69, 9.17) is 4.42 Å². The van der Waals surface area contributed by atoms with Crippen LogP contribution in [0.5, 0.6) is 0 Å². The second kappa shape index (κ2) is 6.64.